The Bertz CT molecular complexity index is 419. The van der Waals surface area contributed by atoms with Crippen molar-refractivity contribution in [3.8, 4) is 0 Å². The summed E-state index contributed by atoms with van der Waals surface area (Å²) in [7, 11) is 0. The third-order valence-electron chi connectivity index (χ3n) is 3.64. The first kappa shape index (κ1) is 17.8. The van der Waals surface area contributed by atoms with Crippen molar-refractivity contribution in [3.05, 3.63) is 21.3 Å². The third-order valence-corrected chi connectivity index (χ3v) is 5.05. The van der Waals surface area contributed by atoms with Gasteiger partial charge in [-0.25, -0.2) is 0 Å². The molecule has 2 rings (SSSR count). The maximum Gasteiger partial charge on any atom is 0.220 e. The molecule has 1 aromatic rings. The van der Waals surface area contributed by atoms with E-state index < -0.39 is 0 Å². The minimum absolute atomic E-state index is 0. The molecule has 0 saturated carbocycles. The standard InChI is InChI=1S/C14H21ClN2OS.ClH/c1-10(12-3-4-13(15)19-12)17-14(18)5-2-11-6-8-16-9-7-11;/h3-4,10-11,16H,2,5-9H2,1H3,(H,17,18);1H. The quantitative estimate of drug-likeness (QED) is 0.858. The molecule has 0 radical (unpaired) electrons. The molecule has 3 nitrogen and oxygen atoms in total. The molecule has 20 heavy (non-hydrogen) atoms. The molecule has 2 heterocycles. The molecule has 1 atom stereocenters. The van der Waals surface area contributed by atoms with Gasteiger partial charge in [0.05, 0.1) is 10.4 Å². The summed E-state index contributed by atoms with van der Waals surface area (Å²) in [6.45, 7) is 4.19. The van der Waals surface area contributed by atoms with Gasteiger partial charge in [0.15, 0.2) is 0 Å². The van der Waals surface area contributed by atoms with Gasteiger partial charge in [0.1, 0.15) is 0 Å². The normalized spacial score (nSPS) is 17.3. The molecule has 1 saturated heterocycles. The van der Waals surface area contributed by atoms with Crippen molar-refractivity contribution < 1.29 is 4.79 Å². The van der Waals surface area contributed by atoms with E-state index in [0.29, 0.717) is 12.3 Å². The van der Waals surface area contributed by atoms with Gasteiger partial charge in [0.2, 0.25) is 5.91 Å². The molecular weight excluding hydrogens is 315 g/mol. The number of hydrogen-bond acceptors (Lipinski definition) is 3. The summed E-state index contributed by atoms with van der Waals surface area (Å²) in [5, 5.41) is 6.39. The van der Waals surface area contributed by atoms with E-state index in [1.807, 2.05) is 19.1 Å². The Morgan fingerprint density at radius 1 is 1.50 bits per heavy atom. The largest absolute Gasteiger partial charge is 0.349 e. The molecule has 0 aliphatic carbocycles. The molecule has 2 N–H and O–H groups in total. The second-order valence-corrected chi connectivity index (χ2v) is 6.91. The van der Waals surface area contributed by atoms with E-state index in [1.165, 1.54) is 24.2 Å². The average Bonchev–Trinajstić information content (AvgIpc) is 2.84. The van der Waals surface area contributed by atoms with Crippen molar-refractivity contribution in [2.75, 3.05) is 13.1 Å². The van der Waals surface area contributed by atoms with Gasteiger partial charge in [0, 0.05) is 11.3 Å². The predicted octanol–water partition coefficient (Wildman–Crippen LogP) is 3.78. The molecule has 1 fully saturated rings. The zero-order valence-corrected chi connectivity index (χ0v) is 14.0. The van der Waals surface area contributed by atoms with E-state index in [-0.39, 0.29) is 24.4 Å². The Morgan fingerprint density at radius 3 is 2.80 bits per heavy atom. The van der Waals surface area contributed by atoms with Crippen molar-refractivity contribution in [3.63, 3.8) is 0 Å². The molecule has 0 bridgehead atoms. The Labute approximate surface area is 135 Å². The van der Waals surface area contributed by atoms with Gasteiger partial charge in [-0.15, -0.1) is 23.7 Å². The van der Waals surface area contributed by atoms with Crippen LogP contribution in [-0.2, 0) is 4.79 Å². The Morgan fingerprint density at radius 2 is 2.20 bits per heavy atom. The van der Waals surface area contributed by atoms with Crippen molar-refractivity contribution in [2.45, 2.75) is 38.6 Å². The molecule has 1 aliphatic heterocycles. The highest BCUT2D eigenvalue weighted by molar-refractivity contribution is 7.16. The molecule has 0 aromatic carbocycles. The number of thiophene rings is 1. The van der Waals surface area contributed by atoms with E-state index in [2.05, 4.69) is 10.6 Å². The SMILES string of the molecule is CC(NC(=O)CCC1CCNCC1)c1ccc(Cl)s1.Cl. The number of carbonyl (C=O) groups excluding carboxylic acids is 1. The highest BCUT2D eigenvalue weighted by atomic mass is 35.5. The second kappa shape index (κ2) is 8.88. The lowest BCUT2D eigenvalue weighted by Crippen LogP contribution is -2.30. The molecule has 1 aliphatic rings. The molecular formula is C14H22Cl2N2OS. The molecule has 1 amide bonds. The van der Waals surface area contributed by atoms with Crippen LogP contribution in [0.25, 0.3) is 0 Å². The highest BCUT2D eigenvalue weighted by Crippen LogP contribution is 2.26. The van der Waals surface area contributed by atoms with Gasteiger partial charge in [-0.1, -0.05) is 11.6 Å². The Kier molecular flexibility index (Phi) is 7.88. The van der Waals surface area contributed by atoms with Crippen LogP contribution >= 0.6 is 35.3 Å². The fourth-order valence-corrected chi connectivity index (χ4v) is 3.51. The summed E-state index contributed by atoms with van der Waals surface area (Å²) < 4.78 is 0.769. The lowest BCUT2D eigenvalue weighted by molar-refractivity contribution is -0.122. The van der Waals surface area contributed by atoms with Crippen molar-refractivity contribution >= 4 is 41.3 Å². The van der Waals surface area contributed by atoms with Crippen LogP contribution < -0.4 is 10.6 Å². The fraction of sp³-hybridized carbons (Fsp3) is 0.643. The smallest absolute Gasteiger partial charge is 0.220 e. The van der Waals surface area contributed by atoms with Crippen molar-refractivity contribution in [1.29, 1.82) is 0 Å². The third kappa shape index (κ3) is 5.60. The fourth-order valence-electron chi connectivity index (χ4n) is 2.45. The molecule has 0 spiro atoms. The number of rotatable bonds is 5. The summed E-state index contributed by atoms with van der Waals surface area (Å²) in [4.78, 5) is 13.0. The minimum atomic E-state index is 0. The first-order chi connectivity index (χ1) is 9.15. The summed E-state index contributed by atoms with van der Waals surface area (Å²) >= 11 is 7.43. The van der Waals surface area contributed by atoms with E-state index in [9.17, 15) is 4.79 Å². The summed E-state index contributed by atoms with van der Waals surface area (Å²) in [6.07, 6.45) is 4.03. The van der Waals surface area contributed by atoms with E-state index >= 15 is 0 Å². The monoisotopic (exact) mass is 336 g/mol. The number of hydrogen-bond donors (Lipinski definition) is 2. The van der Waals surface area contributed by atoms with Crippen LogP contribution in [0.3, 0.4) is 0 Å². The minimum Gasteiger partial charge on any atom is -0.349 e. The summed E-state index contributed by atoms with van der Waals surface area (Å²) in [6, 6.07) is 3.90. The molecule has 1 aromatic heterocycles. The van der Waals surface area contributed by atoms with Crippen LogP contribution in [-0.4, -0.2) is 19.0 Å². The number of piperidine rings is 1. The van der Waals surface area contributed by atoms with Crippen LogP contribution in [0.4, 0.5) is 0 Å². The first-order valence-corrected chi connectivity index (χ1v) is 8.10. The van der Waals surface area contributed by atoms with Crippen molar-refractivity contribution in [1.82, 2.24) is 10.6 Å². The molecule has 6 heteroatoms. The van der Waals surface area contributed by atoms with Gasteiger partial charge in [-0.05, 0) is 57.3 Å². The zero-order chi connectivity index (χ0) is 13.7. The average molecular weight is 337 g/mol. The second-order valence-electron chi connectivity index (χ2n) is 5.16. The maximum atomic E-state index is 11.9. The van der Waals surface area contributed by atoms with Gasteiger partial charge in [0.25, 0.3) is 0 Å². The maximum absolute atomic E-state index is 11.9. The summed E-state index contributed by atoms with van der Waals surface area (Å²) in [5.74, 6) is 0.856. The topological polar surface area (TPSA) is 41.1 Å². The predicted molar refractivity (Wildman–Crippen MR) is 88.0 cm³/mol. The van der Waals surface area contributed by atoms with E-state index in [4.69, 9.17) is 11.6 Å². The molecule has 114 valence electrons. The number of nitrogens with one attached hydrogen (secondary N) is 2. The van der Waals surface area contributed by atoms with Crippen LogP contribution in [0.5, 0.6) is 0 Å². The Hall–Kier alpha value is -0.290. The van der Waals surface area contributed by atoms with Gasteiger partial charge >= 0.3 is 0 Å². The lowest BCUT2D eigenvalue weighted by atomic mass is 9.93. The zero-order valence-electron chi connectivity index (χ0n) is 11.7. The van der Waals surface area contributed by atoms with E-state index in [0.717, 1.165) is 28.7 Å². The van der Waals surface area contributed by atoms with Crippen LogP contribution in [0.15, 0.2) is 12.1 Å². The van der Waals surface area contributed by atoms with Gasteiger partial charge < -0.3 is 10.6 Å². The number of amides is 1. The van der Waals surface area contributed by atoms with Crippen LogP contribution in [0.2, 0.25) is 4.34 Å². The molecule has 1 unspecified atom stereocenters. The first-order valence-electron chi connectivity index (χ1n) is 6.90. The summed E-state index contributed by atoms with van der Waals surface area (Å²) in [5.41, 5.74) is 0. The number of halogens is 2. The van der Waals surface area contributed by atoms with Gasteiger partial charge in [-0.2, -0.15) is 0 Å². The Balaban J connectivity index is 0.00000200. The van der Waals surface area contributed by atoms with Gasteiger partial charge in [-0.3, -0.25) is 4.79 Å². The van der Waals surface area contributed by atoms with Crippen LogP contribution in [0.1, 0.15) is 43.5 Å². The van der Waals surface area contributed by atoms with Crippen molar-refractivity contribution in [2.24, 2.45) is 5.92 Å². The highest BCUT2D eigenvalue weighted by Gasteiger charge is 2.16. The lowest BCUT2D eigenvalue weighted by Gasteiger charge is -2.22. The number of carbonyl (C=O) groups is 1. The van der Waals surface area contributed by atoms with Crippen LogP contribution in [0, 0.1) is 5.92 Å². The van der Waals surface area contributed by atoms with E-state index in [1.54, 1.807) is 0 Å².